The molecule has 0 aliphatic carbocycles. The van der Waals surface area contributed by atoms with Crippen molar-refractivity contribution in [3.05, 3.63) is 29.8 Å². The van der Waals surface area contributed by atoms with Crippen LogP contribution in [0.2, 0.25) is 0 Å². The van der Waals surface area contributed by atoms with Gasteiger partial charge in [0.25, 0.3) is 0 Å². The molecular formula is C20H30O4. The Labute approximate surface area is 145 Å². The zero-order valence-electron chi connectivity index (χ0n) is 14.8. The zero-order chi connectivity index (χ0) is 17.6. The van der Waals surface area contributed by atoms with Gasteiger partial charge in [0.05, 0.1) is 0 Å². The second-order valence-corrected chi connectivity index (χ2v) is 6.21. The van der Waals surface area contributed by atoms with Gasteiger partial charge in [-0.2, -0.15) is 0 Å². The van der Waals surface area contributed by atoms with Gasteiger partial charge in [-0.1, -0.05) is 76.8 Å². The third kappa shape index (κ3) is 8.70. The normalized spacial score (nSPS) is 10.5. The SMILES string of the molecule is CCCCCCCCCCCCC(=O)Oc1ccccc1C(=O)O. The van der Waals surface area contributed by atoms with Crippen molar-refractivity contribution in [1.82, 2.24) is 0 Å². The summed E-state index contributed by atoms with van der Waals surface area (Å²) in [4.78, 5) is 22.9. The van der Waals surface area contributed by atoms with Crippen LogP contribution in [0.3, 0.4) is 0 Å². The molecule has 1 rings (SSSR count). The molecule has 0 atom stereocenters. The number of esters is 1. The molecule has 4 heteroatoms. The Morgan fingerprint density at radius 1 is 0.875 bits per heavy atom. The molecule has 0 radical (unpaired) electrons. The molecule has 1 aromatic rings. The van der Waals surface area contributed by atoms with E-state index in [1.165, 1.54) is 57.1 Å². The molecule has 0 fully saturated rings. The number of unbranched alkanes of at least 4 members (excludes halogenated alkanes) is 9. The van der Waals surface area contributed by atoms with Crippen LogP contribution in [0.4, 0.5) is 0 Å². The van der Waals surface area contributed by atoms with Crippen molar-refractivity contribution in [1.29, 1.82) is 0 Å². The molecule has 0 saturated heterocycles. The summed E-state index contributed by atoms with van der Waals surface area (Å²) in [5.74, 6) is -1.32. The van der Waals surface area contributed by atoms with Gasteiger partial charge in [0, 0.05) is 6.42 Å². The maximum Gasteiger partial charge on any atom is 0.339 e. The largest absolute Gasteiger partial charge is 0.478 e. The molecule has 0 spiro atoms. The molecular weight excluding hydrogens is 304 g/mol. The van der Waals surface area contributed by atoms with E-state index in [0.29, 0.717) is 6.42 Å². The number of aromatic carboxylic acids is 1. The maximum absolute atomic E-state index is 11.8. The van der Waals surface area contributed by atoms with Gasteiger partial charge >= 0.3 is 11.9 Å². The number of ether oxygens (including phenoxy) is 1. The van der Waals surface area contributed by atoms with E-state index in [2.05, 4.69) is 6.92 Å². The van der Waals surface area contributed by atoms with Gasteiger partial charge in [-0.15, -0.1) is 0 Å². The molecule has 1 N–H and O–H groups in total. The lowest BCUT2D eigenvalue weighted by Gasteiger charge is -2.07. The van der Waals surface area contributed by atoms with Crippen molar-refractivity contribution in [2.45, 2.75) is 77.6 Å². The molecule has 4 nitrogen and oxygen atoms in total. The van der Waals surface area contributed by atoms with Gasteiger partial charge in [-0.05, 0) is 18.6 Å². The van der Waals surface area contributed by atoms with Crippen LogP contribution >= 0.6 is 0 Å². The van der Waals surface area contributed by atoms with Crippen molar-refractivity contribution >= 4 is 11.9 Å². The van der Waals surface area contributed by atoms with Crippen molar-refractivity contribution in [3.63, 3.8) is 0 Å². The first-order valence-electron chi connectivity index (χ1n) is 9.18. The summed E-state index contributed by atoms with van der Waals surface area (Å²) in [5.41, 5.74) is 0.0222. The molecule has 134 valence electrons. The summed E-state index contributed by atoms with van der Waals surface area (Å²) in [5, 5.41) is 9.05. The number of carbonyl (C=O) groups is 2. The Bertz CT molecular complexity index is 496. The number of hydrogen-bond donors (Lipinski definition) is 1. The summed E-state index contributed by atoms with van der Waals surface area (Å²) >= 11 is 0. The van der Waals surface area contributed by atoms with Gasteiger partial charge in [0.2, 0.25) is 0 Å². The minimum atomic E-state index is -1.09. The highest BCUT2D eigenvalue weighted by molar-refractivity contribution is 5.91. The Morgan fingerprint density at radius 3 is 2.00 bits per heavy atom. The van der Waals surface area contributed by atoms with E-state index in [-0.39, 0.29) is 17.3 Å². The van der Waals surface area contributed by atoms with E-state index in [1.54, 1.807) is 12.1 Å². The summed E-state index contributed by atoms with van der Waals surface area (Å²) in [6, 6.07) is 6.23. The molecule has 0 unspecified atom stereocenters. The van der Waals surface area contributed by atoms with Gasteiger partial charge in [-0.25, -0.2) is 4.79 Å². The molecule has 0 heterocycles. The Kier molecular flexibility index (Phi) is 10.6. The molecule has 0 saturated carbocycles. The highest BCUT2D eigenvalue weighted by Gasteiger charge is 2.13. The highest BCUT2D eigenvalue weighted by atomic mass is 16.5. The monoisotopic (exact) mass is 334 g/mol. The molecule has 0 amide bonds. The average molecular weight is 334 g/mol. The van der Waals surface area contributed by atoms with Crippen LogP contribution in [0.25, 0.3) is 0 Å². The summed E-state index contributed by atoms with van der Waals surface area (Å²) < 4.78 is 5.17. The predicted octanol–water partition coefficient (Wildman–Crippen LogP) is 5.60. The first kappa shape index (κ1) is 20.2. The smallest absolute Gasteiger partial charge is 0.339 e. The van der Waals surface area contributed by atoms with E-state index < -0.39 is 5.97 Å². The number of carboxylic acid groups (broad SMARTS) is 1. The standard InChI is InChI=1S/C20H30O4/c1-2-3-4-5-6-7-8-9-10-11-16-19(21)24-18-15-13-12-14-17(18)20(22)23/h12-15H,2-11,16H2,1H3,(H,22,23). The summed E-state index contributed by atoms with van der Waals surface area (Å²) in [7, 11) is 0. The fraction of sp³-hybridized carbons (Fsp3) is 0.600. The van der Waals surface area contributed by atoms with E-state index in [0.717, 1.165) is 19.3 Å². The first-order chi connectivity index (χ1) is 11.6. The lowest BCUT2D eigenvalue weighted by atomic mass is 10.1. The second kappa shape index (κ2) is 12.6. The minimum Gasteiger partial charge on any atom is -0.478 e. The van der Waals surface area contributed by atoms with Crippen molar-refractivity contribution in [3.8, 4) is 5.75 Å². The Hall–Kier alpha value is -1.84. The molecule has 0 aliphatic heterocycles. The lowest BCUT2D eigenvalue weighted by molar-refractivity contribution is -0.134. The fourth-order valence-electron chi connectivity index (χ4n) is 2.66. The molecule has 0 aliphatic rings. The van der Waals surface area contributed by atoms with Crippen LogP contribution in [0, 0.1) is 0 Å². The predicted molar refractivity (Wildman–Crippen MR) is 95.5 cm³/mol. The number of carboxylic acids is 1. The fourth-order valence-corrected chi connectivity index (χ4v) is 2.66. The number of para-hydroxylation sites is 1. The van der Waals surface area contributed by atoms with Gasteiger partial charge in [0.15, 0.2) is 0 Å². The number of benzene rings is 1. The van der Waals surface area contributed by atoms with Crippen molar-refractivity contribution in [2.24, 2.45) is 0 Å². The third-order valence-corrected chi connectivity index (χ3v) is 4.08. The van der Waals surface area contributed by atoms with E-state index in [9.17, 15) is 9.59 Å². The molecule has 0 bridgehead atoms. The van der Waals surface area contributed by atoms with Crippen LogP contribution < -0.4 is 4.74 Å². The quantitative estimate of drug-likeness (QED) is 0.290. The molecule has 24 heavy (non-hydrogen) atoms. The first-order valence-corrected chi connectivity index (χ1v) is 9.18. The number of rotatable bonds is 13. The van der Waals surface area contributed by atoms with Gasteiger partial charge < -0.3 is 9.84 Å². The third-order valence-electron chi connectivity index (χ3n) is 4.08. The summed E-state index contributed by atoms with van der Waals surface area (Å²) in [6.45, 7) is 2.23. The van der Waals surface area contributed by atoms with Crippen molar-refractivity contribution < 1.29 is 19.4 Å². The lowest BCUT2D eigenvalue weighted by Crippen LogP contribution is -2.10. The second-order valence-electron chi connectivity index (χ2n) is 6.21. The molecule has 1 aromatic carbocycles. The van der Waals surface area contributed by atoms with E-state index >= 15 is 0 Å². The number of carbonyl (C=O) groups excluding carboxylic acids is 1. The Balaban J connectivity index is 2.10. The van der Waals surface area contributed by atoms with Gasteiger partial charge in [-0.3, -0.25) is 4.79 Å². The number of hydrogen-bond acceptors (Lipinski definition) is 3. The summed E-state index contributed by atoms with van der Waals surface area (Å²) in [6.07, 6.45) is 12.4. The highest BCUT2D eigenvalue weighted by Crippen LogP contribution is 2.19. The Morgan fingerprint density at radius 2 is 1.42 bits per heavy atom. The van der Waals surface area contributed by atoms with E-state index in [4.69, 9.17) is 9.84 Å². The zero-order valence-corrected chi connectivity index (χ0v) is 14.8. The maximum atomic E-state index is 11.8. The van der Waals surface area contributed by atoms with Crippen LogP contribution in [0.5, 0.6) is 5.75 Å². The van der Waals surface area contributed by atoms with Gasteiger partial charge in [0.1, 0.15) is 11.3 Å². The van der Waals surface area contributed by atoms with E-state index in [1.807, 2.05) is 0 Å². The minimum absolute atomic E-state index is 0.0222. The average Bonchev–Trinajstić information content (AvgIpc) is 2.57. The van der Waals surface area contributed by atoms with Crippen LogP contribution in [-0.2, 0) is 4.79 Å². The molecule has 0 aromatic heterocycles. The van der Waals surface area contributed by atoms with Crippen LogP contribution in [-0.4, -0.2) is 17.0 Å². The van der Waals surface area contributed by atoms with Crippen LogP contribution in [0.15, 0.2) is 24.3 Å². The van der Waals surface area contributed by atoms with Crippen LogP contribution in [0.1, 0.15) is 87.9 Å². The topological polar surface area (TPSA) is 63.6 Å². The van der Waals surface area contributed by atoms with Crippen molar-refractivity contribution in [2.75, 3.05) is 0 Å².